The molecule has 1 fully saturated rings. The summed E-state index contributed by atoms with van der Waals surface area (Å²) in [5.74, 6) is -0.477. The molecule has 3 rings (SSSR count). The van der Waals surface area contributed by atoms with Gasteiger partial charge in [0.25, 0.3) is 0 Å². The fraction of sp³-hybridized carbons (Fsp3) is 0.350. The first-order valence-electron chi connectivity index (χ1n) is 8.93. The summed E-state index contributed by atoms with van der Waals surface area (Å²) >= 11 is 0. The lowest BCUT2D eigenvalue weighted by atomic mass is 9.94. The van der Waals surface area contributed by atoms with Crippen molar-refractivity contribution in [1.29, 1.82) is 0 Å². The third kappa shape index (κ3) is 4.59. The molecule has 0 saturated carbocycles. The number of rotatable bonds is 7. The maximum atomic E-state index is 13.1. The number of para-hydroxylation sites is 1. The lowest BCUT2D eigenvalue weighted by Gasteiger charge is -2.21. The van der Waals surface area contributed by atoms with E-state index in [2.05, 4.69) is 33.2 Å². The van der Waals surface area contributed by atoms with E-state index in [-0.39, 0.29) is 23.7 Å². The van der Waals surface area contributed by atoms with Gasteiger partial charge < -0.3 is 10.2 Å². The molecule has 5 nitrogen and oxygen atoms in total. The van der Waals surface area contributed by atoms with Crippen molar-refractivity contribution >= 4 is 11.6 Å². The van der Waals surface area contributed by atoms with Crippen molar-refractivity contribution in [2.75, 3.05) is 31.6 Å². The van der Waals surface area contributed by atoms with Crippen LogP contribution in [-0.4, -0.2) is 32.6 Å². The summed E-state index contributed by atoms with van der Waals surface area (Å²) in [7, 11) is 2.05. The minimum atomic E-state index is -0.275. The van der Waals surface area contributed by atoms with E-state index in [4.69, 9.17) is 0 Å². The molecule has 1 heterocycles. The minimum Gasteiger partial charge on any atom is -0.375 e. The first-order chi connectivity index (χ1) is 12.6. The van der Waals surface area contributed by atoms with Crippen LogP contribution in [0.5, 0.6) is 0 Å². The van der Waals surface area contributed by atoms with Crippen molar-refractivity contribution in [1.82, 2.24) is 16.2 Å². The molecule has 1 aliphatic rings. The van der Waals surface area contributed by atoms with E-state index in [0.29, 0.717) is 13.1 Å². The number of halogens is 1. The molecule has 1 amide bonds. The second kappa shape index (κ2) is 8.78. The first-order valence-corrected chi connectivity index (χ1v) is 8.93. The predicted molar refractivity (Wildman–Crippen MR) is 101 cm³/mol. The Labute approximate surface area is 153 Å². The standard InChI is InChI=1S/C20H25FN4O/c1-25(17-6-3-2-4-7-17)13-5-12-22-20(26)18-14-23-24-19(18)15-8-10-16(21)11-9-15/h2-4,6-11,18-19,23-24H,5,12-14H2,1H3,(H,22,26). The second-order valence-electron chi connectivity index (χ2n) is 6.56. The Morgan fingerprint density at radius 3 is 2.65 bits per heavy atom. The molecule has 2 unspecified atom stereocenters. The number of hydrogen-bond donors (Lipinski definition) is 3. The SMILES string of the molecule is CN(CCCNC(=O)C1CNNC1c1ccc(F)cc1)c1ccccc1. The summed E-state index contributed by atoms with van der Waals surface area (Å²) in [4.78, 5) is 14.7. The van der Waals surface area contributed by atoms with E-state index in [0.717, 1.165) is 18.5 Å². The predicted octanol–water partition coefficient (Wildman–Crippen LogP) is 2.23. The van der Waals surface area contributed by atoms with Crippen molar-refractivity contribution < 1.29 is 9.18 Å². The van der Waals surface area contributed by atoms with Crippen LogP contribution in [0.15, 0.2) is 54.6 Å². The van der Waals surface area contributed by atoms with Gasteiger partial charge in [0.05, 0.1) is 12.0 Å². The Bertz CT molecular complexity index is 708. The van der Waals surface area contributed by atoms with Gasteiger partial charge in [0.2, 0.25) is 5.91 Å². The molecule has 26 heavy (non-hydrogen) atoms. The van der Waals surface area contributed by atoms with Gasteiger partial charge in [-0.1, -0.05) is 30.3 Å². The number of hydrazine groups is 1. The summed E-state index contributed by atoms with van der Waals surface area (Å²) in [5, 5.41) is 3.02. The number of hydrogen-bond acceptors (Lipinski definition) is 4. The smallest absolute Gasteiger partial charge is 0.226 e. The minimum absolute atomic E-state index is 0.0131. The topological polar surface area (TPSA) is 56.4 Å². The monoisotopic (exact) mass is 356 g/mol. The maximum Gasteiger partial charge on any atom is 0.226 e. The molecular weight excluding hydrogens is 331 g/mol. The van der Waals surface area contributed by atoms with E-state index in [1.807, 2.05) is 25.2 Å². The van der Waals surface area contributed by atoms with Crippen LogP contribution in [0.1, 0.15) is 18.0 Å². The molecule has 2 aromatic carbocycles. The summed E-state index contributed by atoms with van der Waals surface area (Å²) in [6.07, 6.45) is 0.867. The number of carbonyl (C=O) groups is 1. The Kier molecular flexibility index (Phi) is 6.20. The Morgan fingerprint density at radius 1 is 1.19 bits per heavy atom. The highest BCUT2D eigenvalue weighted by atomic mass is 19.1. The fourth-order valence-electron chi connectivity index (χ4n) is 3.20. The maximum absolute atomic E-state index is 13.1. The Morgan fingerprint density at radius 2 is 1.92 bits per heavy atom. The van der Waals surface area contributed by atoms with Gasteiger partial charge >= 0.3 is 0 Å². The van der Waals surface area contributed by atoms with Crippen molar-refractivity contribution in [3.05, 3.63) is 66.0 Å². The average Bonchev–Trinajstić information content (AvgIpc) is 3.16. The van der Waals surface area contributed by atoms with Crippen LogP contribution in [0.4, 0.5) is 10.1 Å². The highest BCUT2D eigenvalue weighted by Gasteiger charge is 2.33. The summed E-state index contributed by atoms with van der Waals surface area (Å²) in [5.41, 5.74) is 8.21. The van der Waals surface area contributed by atoms with E-state index in [9.17, 15) is 9.18 Å². The van der Waals surface area contributed by atoms with E-state index < -0.39 is 0 Å². The molecule has 2 aromatic rings. The molecule has 0 aliphatic carbocycles. The summed E-state index contributed by atoms with van der Waals surface area (Å²) in [6, 6.07) is 16.3. The van der Waals surface area contributed by atoms with Crippen LogP contribution in [0, 0.1) is 11.7 Å². The normalized spacial score (nSPS) is 19.3. The molecule has 1 saturated heterocycles. The molecule has 3 N–H and O–H groups in total. The zero-order valence-electron chi connectivity index (χ0n) is 14.9. The highest BCUT2D eigenvalue weighted by molar-refractivity contribution is 5.80. The molecule has 0 bridgehead atoms. The summed E-state index contributed by atoms with van der Waals surface area (Å²) in [6.45, 7) is 2.05. The Balaban J connectivity index is 1.46. The zero-order chi connectivity index (χ0) is 18.4. The highest BCUT2D eigenvalue weighted by Crippen LogP contribution is 2.25. The number of nitrogens with zero attached hydrogens (tertiary/aromatic N) is 1. The van der Waals surface area contributed by atoms with Gasteiger partial charge in [-0.05, 0) is 36.2 Å². The van der Waals surface area contributed by atoms with E-state index in [1.165, 1.54) is 17.8 Å². The lowest BCUT2D eigenvalue weighted by molar-refractivity contribution is -0.124. The van der Waals surface area contributed by atoms with Crippen molar-refractivity contribution in [2.45, 2.75) is 12.5 Å². The molecule has 1 aliphatic heterocycles. The third-order valence-corrected chi connectivity index (χ3v) is 4.71. The quantitative estimate of drug-likeness (QED) is 0.666. The van der Waals surface area contributed by atoms with Crippen LogP contribution in [0.3, 0.4) is 0 Å². The summed E-state index contributed by atoms with van der Waals surface area (Å²) < 4.78 is 13.1. The van der Waals surface area contributed by atoms with Gasteiger partial charge in [0, 0.05) is 32.4 Å². The molecule has 6 heteroatoms. The zero-order valence-corrected chi connectivity index (χ0v) is 14.9. The van der Waals surface area contributed by atoms with E-state index in [1.54, 1.807) is 12.1 Å². The number of anilines is 1. The molecule has 0 radical (unpaired) electrons. The number of amides is 1. The van der Waals surface area contributed by atoms with Crippen molar-refractivity contribution in [2.24, 2.45) is 5.92 Å². The van der Waals surface area contributed by atoms with Gasteiger partial charge in [0.15, 0.2) is 0 Å². The Hall–Kier alpha value is -2.44. The van der Waals surface area contributed by atoms with Gasteiger partial charge in [-0.2, -0.15) is 0 Å². The van der Waals surface area contributed by atoms with Crippen LogP contribution < -0.4 is 21.1 Å². The van der Waals surface area contributed by atoms with Crippen LogP contribution in [0.25, 0.3) is 0 Å². The van der Waals surface area contributed by atoms with Crippen LogP contribution in [0.2, 0.25) is 0 Å². The molecule has 138 valence electrons. The third-order valence-electron chi connectivity index (χ3n) is 4.71. The van der Waals surface area contributed by atoms with E-state index >= 15 is 0 Å². The van der Waals surface area contributed by atoms with Gasteiger partial charge in [-0.15, -0.1) is 0 Å². The first kappa shape index (κ1) is 18.4. The molecule has 2 atom stereocenters. The van der Waals surface area contributed by atoms with Crippen LogP contribution in [-0.2, 0) is 4.79 Å². The molecule has 0 aromatic heterocycles. The van der Waals surface area contributed by atoms with Gasteiger partial charge in [-0.25, -0.2) is 9.82 Å². The largest absolute Gasteiger partial charge is 0.375 e. The van der Waals surface area contributed by atoms with Gasteiger partial charge in [-0.3, -0.25) is 10.2 Å². The van der Waals surface area contributed by atoms with Crippen LogP contribution >= 0.6 is 0 Å². The lowest BCUT2D eigenvalue weighted by Crippen LogP contribution is -2.36. The number of benzene rings is 2. The fourth-order valence-corrected chi connectivity index (χ4v) is 3.20. The van der Waals surface area contributed by atoms with Crippen molar-refractivity contribution in [3.8, 4) is 0 Å². The molecule has 0 spiro atoms. The molecular formula is C20H25FN4O. The van der Waals surface area contributed by atoms with Crippen molar-refractivity contribution in [3.63, 3.8) is 0 Å². The average molecular weight is 356 g/mol. The number of carbonyl (C=O) groups excluding carboxylic acids is 1. The second-order valence-corrected chi connectivity index (χ2v) is 6.56. The number of nitrogens with one attached hydrogen (secondary N) is 3. The van der Waals surface area contributed by atoms with Gasteiger partial charge in [0.1, 0.15) is 5.82 Å².